The minimum absolute atomic E-state index is 0.222. The van der Waals surface area contributed by atoms with Crippen molar-refractivity contribution in [1.82, 2.24) is 25.9 Å². The first kappa shape index (κ1) is 25.8. The molecule has 2 amide bonds. The lowest BCUT2D eigenvalue weighted by Gasteiger charge is -2.54. The van der Waals surface area contributed by atoms with Crippen molar-refractivity contribution in [1.29, 1.82) is 0 Å². The maximum atomic E-state index is 13.1. The van der Waals surface area contributed by atoms with Gasteiger partial charge in [-0.1, -0.05) is 13.0 Å². The minimum Gasteiger partial charge on any atom is -0.481 e. The summed E-state index contributed by atoms with van der Waals surface area (Å²) in [7, 11) is 0. The van der Waals surface area contributed by atoms with E-state index in [9.17, 15) is 14.7 Å². The molecule has 1 aromatic carbocycles. The Hall–Kier alpha value is -3.83. The van der Waals surface area contributed by atoms with Gasteiger partial charge in [-0.05, 0) is 56.7 Å². The van der Waals surface area contributed by atoms with Gasteiger partial charge < -0.3 is 20.6 Å². The van der Waals surface area contributed by atoms with Crippen molar-refractivity contribution in [3.63, 3.8) is 0 Å². The first-order valence-electron chi connectivity index (χ1n) is 12.6. The quantitative estimate of drug-likeness (QED) is 0.380. The summed E-state index contributed by atoms with van der Waals surface area (Å²) in [4.78, 5) is 41.8. The number of amides is 2. The van der Waals surface area contributed by atoms with Gasteiger partial charge in [-0.2, -0.15) is 0 Å². The lowest BCUT2D eigenvalue weighted by Crippen LogP contribution is -2.72. The number of allylic oxidation sites excluding steroid dienone is 1. The summed E-state index contributed by atoms with van der Waals surface area (Å²) in [5, 5.41) is 19.8. The normalized spacial score (nSPS) is 26.9. The molecule has 4 atom stereocenters. The van der Waals surface area contributed by atoms with Gasteiger partial charge >= 0.3 is 12.0 Å². The molecule has 4 N–H and O–H groups in total. The van der Waals surface area contributed by atoms with E-state index < -0.39 is 29.1 Å². The van der Waals surface area contributed by atoms with Gasteiger partial charge in [0.1, 0.15) is 0 Å². The van der Waals surface area contributed by atoms with E-state index in [1.165, 1.54) is 11.3 Å². The second kappa shape index (κ2) is 10.1. The average molecular weight is 534 g/mol. The Labute approximate surface area is 224 Å². The summed E-state index contributed by atoms with van der Waals surface area (Å²) in [5.41, 5.74) is 3.77. The molecule has 0 spiro atoms. The predicted octanol–water partition coefficient (Wildman–Crippen LogP) is 3.68. The molecule has 1 fully saturated rings. The highest BCUT2D eigenvalue weighted by molar-refractivity contribution is 7.17. The number of aromatic nitrogens is 2. The smallest absolute Gasteiger partial charge is 0.318 e. The van der Waals surface area contributed by atoms with Crippen LogP contribution in [0.5, 0.6) is 0 Å². The third-order valence-corrected chi connectivity index (χ3v) is 8.60. The van der Waals surface area contributed by atoms with Crippen LogP contribution in [0.2, 0.25) is 0 Å². The monoisotopic (exact) mass is 533 g/mol. The van der Waals surface area contributed by atoms with Crippen molar-refractivity contribution in [3.05, 3.63) is 54.3 Å². The molecule has 0 aliphatic carbocycles. The largest absolute Gasteiger partial charge is 0.481 e. The number of anilines is 1. The molecule has 198 valence electrons. The van der Waals surface area contributed by atoms with E-state index in [1.54, 1.807) is 30.9 Å². The molecule has 0 radical (unpaired) electrons. The van der Waals surface area contributed by atoms with Crippen LogP contribution in [0.3, 0.4) is 0 Å². The molecule has 3 aromatic rings. The van der Waals surface area contributed by atoms with Crippen molar-refractivity contribution in [2.45, 2.75) is 26.6 Å². The molecular formula is C27H31N7O3S. The zero-order valence-electron chi connectivity index (χ0n) is 21.5. The number of carbonyl (C=O) groups is 2. The van der Waals surface area contributed by atoms with Crippen LogP contribution in [0.25, 0.3) is 21.5 Å². The van der Waals surface area contributed by atoms with Crippen LogP contribution in [0.15, 0.2) is 59.3 Å². The molecular weight excluding hydrogens is 502 g/mol. The number of rotatable bonds is 6. The van der Waals surface area contributed by atoms with E-state index >= 15 is 0 Å². The van der Waals surface area contributed by atoms with Crippen molar-refractivity contribution in [3.8, 4) is 11.3 Å². The molecule has 2 aromatic heterocycles. The summed E-state index contributed by atoms with van der Waals surface area (Å²) in [6, 6.07) is 9.24. The van der Waals surface area contributed by atoms with E-state index in [0.717, 1.165) is 21.5 Å². The maximum Gasteiger partial charge on any atom is 0.318 e. The van der Waals surface area contributed by atoms with Gasteiger partial charge in [0.2, 0.25) is 5.79 Å². The lowest BCUT2D eigenvalue weighted by molar-refractivity contribution is -0.160. The SMILES string of the molecule is CCNC(=O)NC1(C2CNCC(C)C2(C)C(=O)O)N=CC=CN1c1cc(-c2ccccn2)c2scnc2c1. The number of carboxylic acid groups (broad SMARTS) is 1. The third kappa shape index (κ3) is 4.21. The number of aliphatic carboxylic acids is 1. The number of hydrogen-bond acceptors (Lipinski definition) is 8. The fourth-order valence-electron chi connectivity index (χ4n) is 5.49. The fourth-order valence-corrected chi connectivity index (χ4v) is 6.28. The highest BCUT2D eigenvalue weighted by atomic mass is 32.1. The Morgan fingerprint density at radius 1 is 1.26 bits per heavy atom. The Balaban J connectivity index is 1.73. The summed E-state index contributed by atoms with van der Waals surface area (Å²) in [5.74, 6) is -3.22. The molecule has 38 heavy (non-hydrogen) atoms. The Morgan fingerprint density at radius 3 is 2.84 bits per heavy atom. The number of nitrogens with one attached hydrogen (secondary N) is 3. The van der Waals surface area contributed by atoms with E-state index in [2.05, 4.69) is 25.9 Å². The second-order valence-electron chi connectivity index (χ2n) is 9.81. The number of aliphatic imine (C=N–C) groups is 1. The van der Waals surface area contributed by atoms with Crippen LogP contribution in [0, 0.1) is 17.3 Å². The van der Waals surface area contributed by atoms with Crippen LogP contribution in [0.1, 0.15) is 20.8 Å². The second-order valence-corrected chi connectivity index (χ2v) is 10.7. The number of thiazole rings is 1. The number of piperidine rings is 1. The topological polar surface area (TPSA) is 132 Å². The third-order valence-electron chi connectivity index (χ3n) is 7.72. The molecule has 4 unspecified atom stereocenters. The van der Waals surface area contributed by atoms with Crippen LogP contribution < -0.4 is 20.9 Å². The average Bonchev–Trinajstić information content (AvgIpc) is 3.39. The molecule has 4 heterocycles. The van der Waals surface area contributed by atoms with E-state index in [1.807, 2.05) is 55.3 Å². The minimum atomic E-state index is -1.44. The number of pyridine rings is 1. The molecule has 11 heteroatoms. The number of carboxylic acids is 1. The Bertz CT molecular complexity index is 1410. The van der Waals surface area contributed by atoms with Gasteiger partial charge in [0.25, 0.3) is 0 Å². The molecule has 10 nitrogen and oxygen atoms in total. The van der Waals surface area contributed by atoms with Crippen LogP contribution in [-0.4, -0.2) is 58.7 Å². The molecule has 0 bridgehead atoms. The number of fused-ring (bicyclic) bond motifs is 1. The van der Waals surface area contributed by atoms with E-state index in [4.69, 9.17) is 4.99 Å². The van der Waals surface area contributed by atoms with Gasteiger partial charge in [-0.15, -0.1) is 11.3 Å². The van der Waals surface area contributed by atoms with Crippen molar-refractivity contribution in [2.75, 3.05) is 24.5 Å². The molecule has 2 aliphatic rings. The predicted molar refractivity (Wildman–Crippen MR) is 149 cm³/mol. The van der Waals surface area contributed by atoms with Gasteiger partial charge in [0, 0.05) is 43.0 Å². The van der Waals surface area contributed by atoms with Gasteiger partial charge in [-0.3, -0.25) is 15.1 Å². The zero-order chi connectivity index (χ0) is 26.9. The molecule has 5 rings (SSSR count). The number of hydrogen-bond donors (Lipinski definition) is 4. The molecule has 0 saturated carbocycles. The van der Waals surface area contributed by atoms with Gasteiger partial charge in [0.15, 0.2) is 0 Å². The summed E-state index contributed by atoms with van der Waals surface area (Å²) in [6.07, 6.45) is 6.97. The molecule has 2 aliphatic heterocycles. The van der Waals surface area contributed by atoms with Crippen LogP contribution in [0.4, 0.5) is 10.5 Å². The van der Waals surface area contributed by atoms with Crippen molar-refractivity contribution < 1.29 is 14.7 Å². The number of carbonyl (C=O) groups excluding carboxylic acids is 1. The Morgan fingerprint density at radius 2 is 2.11 bits per heavy atom. The summed E-state index contributed by atoms with van der Waals surface area (Å²) in [6.45, 7) is 6.79. The standard InChI is InChI=1S/C27H31N7O3S/c1-4-29-25(37)33-27(22-15-28-14-17(2)26(22,3)24(35)36)32-10-7-11-34(27)18-12-19(20-8-5-6-9-30-20)23-21(13-18)31-16-38-23/h5-13,16-17,22,28H,4,14-15H2,1-3H3,(H,35,36)(H2,29,33,37). The first-order valence-corrected chi connectivity index (χ1v) is 13.5. The van der Waals surface area contributed by atoms with Crippen molar-refractivity contribution >= 4 is 45.5 Å². The summed E-state index contributed by atoms with van der Waals surface area (Å²) < 4.78 is 0.988. The summed E-state index contributed by atoms with van der Waals surface area (Å²) >= 11 is 1.53. The highest BCUT2D eigenvalue weighted by Gasteiger charge is 2.60. The van der Waals surface area contributed by atoms with Gasteiger partial charge in [-0.25, -0.2) is 14.8 Å². The van der Waals surface area contributed by atoms with Gasteiger partial charge in [0.05, 0.1) is 32.8 Å². The van der Waals surface area contributed by atoms with Crippen molar-refractivity contribution in [2.24, 2.45) is 22.2 Å². The van der Waals surface area contributed by atoms with E-state index in [-0.39, 0.29) is 5.92 Å². The van der Waals surface area contributed by atoms with Crippen LogP contribution in [-0.2, 0) is 4.79 Å². The maximum absolute atomic E-state index is 13.1. The number of nitrogens with zero attached hydrogens (tertiary/aromatic N) is 4. The first-order chi connectivity index (χ1) is 18.3. The number of benzene rings is 1. The van der Waals surface area contributed by atoms with Crippen LogP contribution >= 0.6 is 11.3 Å². The van der Waals surface area contributed by atoms with E-state index in [0.29, 0.717) is 25.3 Å². The Kier molecular flexibility index (Phi) is 6.89. The lowest BCUT2D eigenvalue weighted by atomic mass is 9.63. The number of urea groups is 1. The fraction of sp³-hybridized carbons (Fsp3) is 0.370. The highest BCUT2D eigenvalue weighted by Crippen LogP contribution is 2.48. The molecule has 1 saturated heterocycles. The zero-order valence-corrected chi connectivity index (χ0v) is 22.3.